The number of thioether (sulfide) groups is 1. The lowest BCUT2D eigenvalue weighted by molar-refractivity contribution is -0.179. The van der Waals surface area contributed by atoms with Gasteiger partial charge < -0.3 is 9.94 Å². The third kappa shape index (κ3) is 4.48. The number of carboxylic acids is 1. The van der Waals surface area contributed by atoms with E-state index in [-0.39, 0.29) is 39.4 Å². The van der Waals surface area contributed by atoms with E-state index in [2.05, 4.69) is 65.0 Å². The van der Waals surface area contributed by atoms with Gasteiger partial charge in [-0.25, -0.2) is 4.79 Å². The molecule has 2 N–H and O–H groups in total. The SMILES string of the molecule is CC1(C)CC[C@]2(C(=O)O)CC[C@]3(C)C(=CC[C@H]4[C@@]5(C)CC/C(=N/OC(=O)C[C@@H]6SC(=O)NC6=O)C(C)(C)[C@@H]5CC[C@]43C)[C@@H]2C1. The number of carbonyl (C=O) groups is 4. The van der Waals surface area contributed by atoms with Crippen molar-refractivity contribution in [3.63, 3.8) is 0 Å². The van der Waals surface area contributed by atoms with Crippen LogP contribution in [0, 0.1) is 50.2 Å². The van der Waals surface area contributed by atoms with E-state index in [1.165, 1.54) is 5.57 Å². The molecule has 0 aromatic carbocycles. The molecule has 6 rings (SSSR count). The fraction of sp³-hybridized carbons (Fsp3) is 0.800. The van der Waals surface area contributed by atoms with Crippen LogP contribution in [0.5, 0.6) is 0 Å². The number of fused-ring (bicyclic) bond motifs is 7. The largest absolute Gasteiger partial charge is 0.481 e. The first-order chi connectivity index (χ1) is 20.4. The van der Waals surface area contributed by atoms with Crippen LogP contribution in [0.3, 0.4) is 0 Å². The van der Waals surface area contributed by atoms with Crippen molar-refractivity contribution in [3.8, 4) is 0 Å². The summed E-state index contributed by atoms with van der Waals surface area (Å²) < 4.78 is 0. The predicted molar refractivity (Wildman–Crippen MR) is 170 cm³/mol. The molecule has 8 atom stereocenters. The van der Waals surface area contributed by atoms with Crippen molar-refractivity contribution in [2.75, 3.05) is 0 Å². The molecule has 0 bridgehead atoms. The number of hydrogen-bond donors (Lipinski definition) is 2. The minimum absolute atomic E-state index is 0.0269. The highest BCUT2D eigenvalue weighted by atomic mass is 32.2. The third-order valence-corrected chi connectivity index (χ3v) is 15.2. The Kier molecular flexibility index (Phi) is 7.35. The van der Waals surface area contributed by atoms with E-state index < -0.39 is 33.7 Å². The maximum absolute atomic E-state index is 12.9. The molecule has 0 radical (unpaired) electrons. The highest BCUT2D eigenvalue weighted by molar-refractivity contribution is 8.15. The highest BCUT2D eigenvalue weighted by Gasteiger charge is 2.69. The molecule has 1 saturated heterocycles. The number of rotatable bonds is 4. The average Bonchev–Trinajstić information content (AvgIpc) is 3.23. The first-order valence-corrected chi connectivity index (χ1v) is 17.5. The lowest BCUT2D eigenvalue weighted by atomic mass is 9.33. The van der Waals surface area contributed by atoms with E-state index in [9.17, 15) is 24.3 Å². The van der Waals surface area contributed by atoms with Crippen molar-refractivity contribution in [2.45, 2.75) is 124 Å². The number of aliphatic carboxylic acids is 1. The molecule has 8 nitrogen and oxygen atoms in total. The molecule has 44 heavy (non-hydrogen) atoms. The van der Waals surface area contributed by atoms with Crippen LogP contribution in [0.4, 0.5) is 4.79 Å². The van der Waals surface area contributed by atoms with Crippen LogP contribution < -0.4 is 5.32 Å². The van der Waals surface area contributed by atoms with Crippen molar-refractivity contribution in [2.24, 2.45) is 55.4 Å². The monoisotopic (exact) mass is 626 g/mol. The lowest BCUT2D eigenvalue weighted by Crippen LogP contribution is -2.64. The number of carboxylic acid groups (broad SMARTS) is 1. The van der Waals surface area contributed by atoms with Gasteiger partial charge in [-0.15, -0.1) is 0 Å². The van der Waals surface area contributed by atoms with Crippen molar-refractivity contribution in [3.05, 3.63) is 11.6 Å². The van der Waals surface area contributed by atoms with Gasteiger partial charge in [-0.05, 0) is 104 Å². The number of nitrogens with one attached hydrogen (secondary N) is 1. The Balaban J connectivity index is 1.26. The maximum atomic E-state index is 12.9. The van der Waals surface area contributed by atoms with Gasteiger partial charge in [0.15, 0.2) is 0 Å². The highest BCUT2D eigenvalue weighted by Crippen LogP contribution is 2.75. The Morgan fingerprint density at radius 1 is 1.00 bits per heavy atom. The van der Waals surface area contributed by atoms with Crippen LogP contribution in [0.15, 0.2) is 16.8 Å². The van der Waals surface area contributed by atoms with E-state index in [1.807, 2.05) is 0 Å². The third-order valence-electron chi connectivity index (χ3n) is 14.2. The van der Waals surface area contributed by atoms with Gasteiger partial charge in [0.25, 0.3) is 5.24 Å². The zero-order chi connectivity index (χ0) is 32.1. The predicted octanol–water partition coefficient (Wildman–Crippen LogP) is 7.51. The maximum Gasteiger partial charge on any atom is 0.336 e. The van der Waals surface area contributed by atoms with Gasteiger partial charge in [-0.2, -0.15) is 0 Å². The van der Waals surface area contributed by atoms with Crippen LogP contribution in [0.1, 0.15) is 119 Å². The van der Waals surface area contributed by atoms with E-state index in [4.69, 9.17) is 4.84 Å². The summed E-state index contributed by atoms with van der Waals surface area (Å²) in [5, 5.41) is 16.0. The quantitative estimate of drug-likeness (QED) is 0.188. The molecule has 1 heterocycles. The van der Waals surface area contributed by atoms with E-state index in [0.29, 0.717) is 11.8 Å². The molecule has 5 fully saturated rings. The van der Waals surface area contributed by atoms with Crippen molar-refractivity contribution < 1.29 is 29.1 Å². The number of hydrogen-bond acceptors (Lipinski definition) is 7. The molecule has 2 amide bonds. The molecule has 0 aromatic heterocycles. The Labute approximate surface area is 265 Å². The second kappa shape index (κ2) is 10.2. The van der Waals surface area contributed by atoms with Gasteiger partial charge in [-0.3, -0.25) is 19.7 Å². The van der Waals surface area contributed by atoms with Crippen LogP contribution in [0.2, 0.25) is 0 Å². The van der Waals surface area contributed by atoms with Crippen LogP contribution in [-0.2, 0) is 19.2 Å². The molecule has 0 unspecified atom stereocenters. The van der Waals surface area contributed by atoms with Crippen LogP contribution >= 0.6 is 11.8 Å². The molecular weight excluding hydrogens is 576 g/mol. The summed E-state index contributed by atoms with van der Waals surface area (Å²) in [7, 11) is 0. The Morgan fingerprint density at radius 2 is 1.70 bits per heavy atom. The zero-order valence-electron chi connectivity index (χ0n) is 27.5. The van der Waals surface area contributed by atoms with E-state index >= 15 is 0 Å². The molecule has 0 spiro atoms. The number of amides is 2. The standard InChI is InChI=1S/C35H50N2O6S/c1-30(2)14-16-35(28(40)41)17-15-33(6)20(21(35)19-30)8-9-24-32(5)12-11-25(31(3,4)23(32)10-13-34(24,33)7)37-43-26(38)18-22-27(39)36-29(42)44-22/h8,21-24H,9-19H2,1-7H3,(H,40,41)(H,36,39,42)/b37-25-/t21-,22-,23-,24-,32-,33+,34+,35-/m0/s1. The van der Waals surface area contributed by atoms with Crippen molar-refractivity contribution >= 4 is 40.6 Å². The van der Waals surface area contributed by atoms with Gasteiger partial charge in [0.05, 0.1) is 17.5 Å². The van der Waals surface area contributed by atoms with Crippen molar-refractivity contribution in [1.82, 2.24) is 5.32 Å². The number of carbonyl (C=O) groups excluding carboxylic acids is 3. The summed E-state index contributed by atoms with van der Waals surface area (Å²) in [6.07, 6.45) is 11.5. The summed E-state index contributed by atoms with van der Waals surface area (Å²) in [4.78, 5) is 54.2. The zero-order valence-corrected chi connectivity index (χ0v) is 28.3. The summed E-state index contributed by atoms with van der Waals surface area (Å²) in [5.74, 6) is -0.713. The fourth-order valence-corrected chi connectivity index (χ4v) is 12.2. The lowest BCUT2D eigenvalue weighted by Gasteiger charge is -2.70. The van der Waals surface area contributed by atoms with Gasteiger partial charge in [0.1, 0.15) is 5.25 Å². The van der Waals surface area contributed by atoms with E-state index in [0.717, 1.165) is 81.7 Å². The molecule has 9 heteroatoms. The Morgan fingerprint density at radius 3 is 2.36 bits per heavy atom. The minimum Gasteiger partial charge on any atom is -0.481 e. The first-order valence-electron chi connectivity index (χ1n) is 16.6. The average molecular weight is 627 g/mol. The second-order valence-electron chi connectivity index (χ2n) is 17.0. The summed E-state index contributed by atoms with van der Waals surface area (Å²) in [6, 6.07) is 0. The summed E-state index contributed by atoms with van der Waals surface area (Å²) in [5.41, 5.74) is 1.70. The Hall–Kier alpha value is -2.16. The van der Waals surface area contributed by atoms with Gasteiger partial charge in [0, 0.05) is 5.41 Å². The smallest absolute Gasteiger partial charge is 0.336 e. The molecule has 242 valence electrons. The second-order valence-corrected chi connectivity index (χ2v) is 18.2. The number of oxime groups is 1. The van der Waals surface area contributed by atoms with Crippen molar-refractivity contribution in [1.29, 1.82) is 0 Å². The molecule has 6 aliphatic rings. The number of nitrogens with zero attached hydrogens (tertiary/aromatic N) is 1. The molecule has 4 saturated carbocycles. The van der Waals surface area contributed by atoms with E-state index in [1.54, 1.807) is 0 Å². The minimum atomic E-state index is -0.764. The van der Waals surface area contributed by atoms with Gasteiger partial charge in [0.2, 0.25) is 5.91 Å². The molecule has 0 aromatic rings. The Bertz CT molecular complexity index is 1370. The summed E-state index contributed by atoms with van der Waals surface area (Å²) in [6.45, 7) is 16.6. The molecule has 1 aliphatic heterocycles. The molecular formula is C35H50N2O6S. The first kappa shape index (κ1) is 31.8. The molecule has 5 aliphatic carbocycles. The normalized spacial score (nSPS) is 44.8. The summed E-state index contributed by atoms with van der Waals surface area (Å²) >= 11 is 0.820. The van der Waals surface area contributed by atoms with Gasteiger partial charge >= 0.3 is 11.9 Å². The van der Waals surface area contributed by atoms with Gasteiger partial charge in [-0.1, -0.05) is 77.0 Å². The fourth-order valence-electron chi connectivity index (χ4n) is 11.4. The van der Waals surface area contributed by atoms with Crippen LogP contribution in [0.25, 0.3) is 0 Å². The number of allylic oxidation sites excluding steroid dienone is 2. The van der Waals surface area contributed by atoms with Crippen LogP contribution in [-0.4, -0.2) is 39.2 Å². The number of imide groups is 1. The topological polar surface area (TPSA) is 122 Å².